The molecule has 1 heterocycles. The van der Waals surface area contributed by atoms with Crippen molar-refractivity contribution >= 4 is 28.4 Å². The number of anilines is 1. The van der Waals surface area contributed by atoms with Crippen molar-refractivity contribution in [2.75, 3.05) is 33.1 Å². The van der Waals surface area contributed by atoms with Crippen LogP contribution in [0.4, 0.5) is 5.69 Å². The number of nitrogens with zero attached hydrogens (tertiary/aromatic N) is 2. The molecule has 2 aromatic rings. The molecule has 0 radical (unpaired) electrons. The normalized spacial score (nSPS) is 12.2. The van der Waals surface area contributed by atoms with Crippen LogP contribution in [0, 0.1) is 0 Å². The summed E-state index contributed by atoms with van der Waals surface area (Å²) in [6, 6.07) is 7.33. The first-order valence-electron chi connectivity index (χ1n) is 6.86. The van der Waals surface area contributed by atoms with Gasteiger partial charge in [-0.05, 0) is 18.2 Å². The molecular weight excluding hydrogens is 280 g/mol. The van der Waals surface area contributed by atoms with Crippen molar-refractivity contribution < 1.29 is 9.47 Å². The minimum absolute atomic E-state index is 0.438. The minimum atomic E-state index is 0.438. The highest BCUT2D eigenvalue weighted by molar-refractivity contribution is 6.09. The zero-order valence-electron chi connectivity index (χ0n) is 12.7. The maximum atomic E-state index is 5.86. The smallest absolute Gasteiger partial charge is 0.131 e. The first kappa shape index (κ1) is 15.8. The van der Waals surface area contributed by atoms with Gasteiger partial charge in [-0.1, -0.05) is 0 Å². The molecule has 0 saturated carbocycles. The Labute approximate surface area is 129 Å². The lowest BCUT2D eigenvalue weighted by atomic mass is 10.1. The molecule has 1 aromatic carbocycles. The van der Waals surface area contributed by atoms with Crippen LogP contribution >= 0.6 is 0 Å². The number of methoxy groups -OCH3 is 1. The van der Waals surface area contributed by atoms with Gasteiger partial charge in [0.05, 0.1) is 17.8 Å². The number of pyridine rings is 1. The fourth-order valence-electron chi connectivity index (χ4n) is 2.05. The van der Waals surface area contributed by atoms with Crippen molar-refractivity contribution in [2.24, 2.45) is 10.7 Å². The first-order valence-corrected chi connectivity index (χ1v) is 6.86. The third-order valence-electron chi connectivity index (χ3n) is 3.08. The van der Waals surface area contributed by atoms with E-state index in [1.54, 1.807) is 26.4 Å². The fourth-order valence-corrected chi connectivity index (χ4v) is 2.05. The lowest BCUT2D eigenvalue weighted by Gasteiger charge is -2.12. The molecule has 116 valence electrons. The molecule has 6 heteroatoms. The highest BCUT2D eigenvalue weighted by Gasteiger charge is 2.10. The Morgan fingerprint density at radius 2 is 2.14 bits per heavy atom. The van der Waals surface area contributed by atoms with Gasteiger partial charge in [-0.3, -0.25) is 4.99 Å². The summed E-state index contributed by atoms with van der Waals surface area (Å²) in [6.45, 7) is 0.935. The number of ether oxygens (including phenoxy) is 2. The zero-order chi connectivity index (χ0) is 15.9. The summed E-state index contributed by atoms with van der Waals surface area (Å²) in [5.41, 5.74) is 14.4. The number of allylic oxidation sites excluding steroid dienone is 1. The Kier molecular flexibility index (Phi) is 5.32. The second-order valence-corrected chi connectivity index (χ2v) is 4.63. The van der Waals surface area contributed by atoms with E-state index in [2.05, 4.69) is 9.98 Å². The number of aliphatic imine (C=N–C) groups is 1. The number of rotatable bonds is 6. The van der Waals surface area contributed by atoms with E-state index >= 15 is 0 Å². The summed E-state index contributed by atoms with van der Waals surface area (Å²) in [5, 5.41) is 0.852. The number of benzene rings is 1. The summed E-state index contributed by atoms with van der Waals surface area (Å²) in [6.07, 6.45) is 3.13. The van der Waals surface area contributed by atoms with Gasteiger partial charge in [0.25, 0.3) is 0 Å². The summed E-state index contributed by atoms with van der Waals surface area (Å²) >= 11 is 0. The van der Waals surface area contributed by atoms with Crippen LogP contribution in [0.1, 0.15) is 5.69 Å². The van der Waals surface area contributed by atoms with E-state index in [0.29, 0.717) is 30.3 Å². The highest BCUT2D eigenvalue weighted by atomic mass is 16.5. The van der Waals surface area contributed by atoms with Gasteiger partial charge < -0.3 is 20.9 Å². The van der Waals surface area contributed by atoms with Crippen LogP contribution in [0.2, 0.25) is 0 Å². The van der Waals surface area contributed by atoms with Gasteiger partial charge >= 0.3 is 0 Å². The molecule has 0 unspecified atom stereocenters. The average Bonchev–Trinajstić information content (AvgIpc) is 2.53. The summed E-state index contributed by atoms with van der Waals surface area (Å²) in [7, 11) is 3.31. The predicted molar refractivity (Wildman–Crippen MR) is 90.1 cm³/mol. The van der Waals surface area contributed by atoms with Crippen LogP contribution in [0.25, 0.3) is 16.5 Å². The Hall–Kier alpha value is -2.60. The molecule has 1 aromatic heterocycles. The Morgan fingerprint density at radius 1 is 1.32 bits per heavy atom. The summed E-state index contributed by atoms with van der Waals surface area (Å²) < 4.78 is 10.8. The first-order chi connectivity index (χ1) is 10.7. The zero-order valence-corrected chi connectivity index (χ0v) is 12.7. The standard InChI is InChI=1S/C16H20N4O2/c1-19-10-11(9-17)15-8-16(22-6-5-21-2)13-7-12(18)3-4-14(13)20-15/h3-4,7-10H,5-6,17-18H2,1-2H3. The molecule has 22 heavy (non-hydrogen) atoms. The maximum absolute atomic E-state index is 5.86. The van der Waals surface area contributed by atoms with Gasteiger partial charge in [-0.25, -0.2) is 4.98 Å². The largest absolute Gasteiger partial charge is 0.490 e. The van der Waals surface area contributed by atoms with Crippen molar-refractivity contribution in [1.82, 2.24) is 4.98 Å². The van der Waals surface area contributed by atoms with E-state index in [9.17, 15) is 0 Å². The van der Waals surface area contributed by atoms with Crippen LogP contribution in [0.5, 0.6) is 5.75 Å². The van der Waals surface area contributed by atoms with Gasteiger partial charge in [-0.15, -0.1) is 0 Å². The molecule has 0 saturated heterocycles. The van der Waals surface area contributed by atoms with Crippen molar-refractivity contribution in [3.63, 3.8) is 0 Å². The van der Waals surface area contributed by atoms with Crippen molar-refractivity contribution in [3.8, 4) is 5.75 Å². The molecule has 0 aliphatic carbocycles. The van der Waals surface area contributed by atoms with E-state index in [0.717, 1.165) is 16.5 Å². The number of aromatic nitrogens is 1. The van der Waals surface area contributed by atoms with Gasteiger partial charge in [0, 0.05) is 49.3 Å². The number of nitrogen functional groups attached to an aromatic ring is 1. The monoisotopic (exact) mass is 300 g/mol. The topological polar surface area (TPSA) is 95.8 Å². The Balaban J connectivity index is 2.54. The second kappa shape index (κ2) is 7.42. The van der Waals surface area contributed by atoms with Crippen LogP contribution < -0.4 is 16.2 Å². The second-order valence-electron chi connectivity index (χ2n) is 4.63. The predicted octanol–water partition coefficient (Wildman–Crippen LogP) is 1.84. The van der Waals surface area contributed by atoms with E-state index in [1.807, 2.05) is 18.2 Å². The molecule has 0 aliphatic heterocycles. The Morgan fingerprint density at radius 3 is 2.82 bits per heavy atom. The van der Waals surface area contributed by atoms with Gasteiger partial charge in [0.2, 0.25) is 0 Å². The molecule has 6 nitrogen and oxygen atoms in total. The molecule has 0 atom stereocenters. The third-order valence-corrected chi connectivity index (χ3v) is 3.08. The number of hydrogen-bond acceptors (Lipinski definition) is 6. The van der Waals surface area contributed by atoms with Crippen LogP contribution in [0.3, 0.4) is 0 Å². The number of nitrogens with two attached hydrogens (primary N) is 2. The third kappa shape index (κ3) is 3.53. The molecule has 0 spiro atoms. The molecule has 2 rings (SSSR count). The molecule has 0 amide bonds. The van der Waals surface area contributed by atoms with Crippen molar-refractivity contribution in [1.29, 1.82) is 0 Å². The van der Waals surface area contributed by atoms with Gasteiger partial charge in [0.15, 0.2) is 0 Å². The van der Waals surface area contributed by atoms with Crippen LogP contribution in [-0.4, -0.2) is 38.6 Å². The fraction of sp³-hybridized carbons (Fsp3) is 0.250. The highest BCUT2D eigenvalue weighted by Crippen LogP contribution is 2.29. The Bertz CT molecular complexity index is 711. The molecule has 0 bridgehead atoms. The van der Waals surface area contributed by atoms with Gasteiger partial charge in [0.1, 0.15) is 12.4 Å². The lowest BCUT2D eigenvalue weighted by Crippen LogP contribution is -2.06. The van der Waals surface area contributed by atoms with Crippen LogP contribution in [0.15, 0.2) is 35.5 Å². The molecule has 0 aliphatic rings. The minimum Gasteiger partial charge on any atom is -0.490 e. The summed E-state index contributed by atoms with van der Waals surface area (Å²) in [4.78, 5) is 8.58. The summed E-state index contributed by atoms with van der Waals surface area (Å²) in [5.74, 6) is 0.688. The quantitative estimate of drug-likeness (QED) is 0.482. The van der Waals surface area contributed by atoms with E-state index < -0.39 is 0 Å². The number of fused-ring (bicyclic) bond motifs is 1. The van der Waals surface area contributed by atoms with Gasteiger partial charge in [-0.2, -0.15) is 0 Å². The molecule has 0 fully saturated rings. The van der Waals surface area contributed by atoms with E-state index in [4.69, 9.17) is 20.9 Å². The number of hydrogen-bond donors (Lipinski definition) is 2. The average molecular weight is 300 g/mol. The lowest BCUT2D eigenvalue weighted by molar-refractivity contribution is 0.147. The van der Waals surface area contributed by atoms with E-state index in [1.165, 1.54) is 6.20 Å². The van der Waals surface area contributed by atoms with Crippen molar-refractivity contribution in [2.45, 2.75) is 0 Å². The van der Waals surface area contributed by atoms with E-state index in [-0.39, 0.29) is 0 Å². The maximum Gasteiger partial charge on any atom is 0.131 e. The molecular formula is C16H20N4O2. The SMILES string of the molecule is CN=CC(=CN)c1cc(OCCOC)c2cc(N)ccc2n1. The van der Waals surface area contributed by atoms with Crippen molar-refractivity contribution in [3.05, 3.63) is 36.2 Å². The van der Waals surface area contributed by atoms with Crippen LogP contribution in [-0.2, 0) is 4.74 Å². The molecule has 4 N–H and O–H groups in total.